The molecule has 3 rings (SSSR count). The third-order valence-corrected chi connectivity index (χ3v) is 4.87. The highest BCUT2D eigenvalue weighted by Gasteiger charge is 2.26. The molecule has 0 radical (unpaired) electrons. The molecule has 2 atom stereocenters. The zero-order valence-corrected chi connectivity index (χ0v) is 15.9. The number of nitrogens with zero attached hydrogens (tertiary/aromatic N) is 1. The van der Waals surface area contributed by atoms with Crippen LogP contribution in [0.25, 0.3) is 0 Å². The van der Waals surface area contributed by atoms with E-state index in [9.17, 15) is 24.1 Å². The zero-order chi connectivity index (χ0) is 21.1. The Balaban J connectivity index is 1.83. The van der Waals surface area contributed by atoms with Crippen molar-refractivity contribution in [3.8, 4) is 0 Å². The second-order valence-electron chi connectivity index (χ2n) is 6.79. The molecule has 0 bridgehead atoms. The number of hydrogen-bond donors (Lipinski definition) is 2. The quantitative estimate of drug-likeness (QED) is 0.437. The number of halogens is 1. The van der Waals surface area contributed by atoms with Crippen molar-refractivity contribution < 1.29 is 23.6 Å². The van der Waals surface area contributed by atoms with Crippen molar-refractivity contribution in [1.82, 2.24) is 5.32 Å². The fraction of sp³-hybridized carbons (Fsp3) is 0.300. The molecule has 0 saturated heterocycles. The van der Waals surface area contributed by atoms with Gasteiger partial charge in [-0.2, -0.15) is 0 Å². The molecule has 152 valence electrons. The van der Waals surface area contributed by atoms with E-state index < -0.39 is 22.8 Å². The van der Waals surface area contributed by atoms with Gasteiger partial charge < -0.3 is 15.4 Å². The lowest BCUT2D eigenvalue weighted by atomic mass is 10.1. The molecule has 29 heavy (non-hydrogen) atoms. The van der Waals surface area contributed by atoms with Crippen LogP contribution in [0.3, 0.4) is 0 Å². The van der Waals surface area contributed by atoms with Gasteiger partial charge in [0.2, 0.25) is 0 Å². The maximum Gasteiger partial charge on any atom is 0.328 e. The number of methoxy groups -OCH3 is 1. The molecule has 8 nitrogen and oxygen atoms in total. The van der Waals surface area contributed by atoms with Crippen molar-refractivity contribution in [2.45, 2.75) is 31.8 Å². The first-order valence-corrected chi connectivity index (χ1v) is 9.02. The van der Waals surface area contributed by atoms with E-state index in [1.807, 2.05) is 0 Å². The van der Waals surface area contributed by atoms with E-state index in [2.05, 4.69) is 15.4 Å². The van der Waals surface area contributed by atoms with Gasteiger partial charge in [0.1, 0.15) is 17.5 Å². The molecule has 1 aliphatic rings. The number of nitrogens with one attached hydrogen (secondary N) is 2. The monoisotopic (exact) mass is 401 g/mol. The fourth-order valence-corrected chi connectivity index (χ4v) is 3.37. The SMILES string of the molecule is COC(=O)C(C)NC(=O)c1ccc(NC2CCc3ccc(F)cc32)c([N+](=O)[O-])c1. The number of aryl methyl sites for hydroxylation is 1. The van der Waals surface area contributed by atoms with Gasteiger partial charge in [-0.15, -0.1) is 0 Å². The molecule has 1 aliphatic carbocycles. The van der Waals surface area contributed by atoms with Gasteiger partial charge in [-0.05, 0) is 55.2 Å². The number of hydrogen-bond acceptors (Lipinski definition) is 6. The predicted molar refractivity (Wildman–Crippen MR) is 103 cm³/mol. The molecule has 2 unspecified atom stereocenters. The van der Waals surface area contributed by atoms with Gasteiger partial charge in [0.15, 0.2) is 0 Å². The van der Waals surface area contributed by atoms with Crippen LogP contribution >= 0.6 is 0 Å². The molecular formula is C20H20FN3O5. The molecule has 0 fully saturated rings. The number of benzene rings is 2. The third kappa shape index (κ3) is 4.34. The van der Waals surface area contributed by atoms with Crippen molar-refractivity contribution in [3.63, 3.8) is 0 Å². The van der Waals surface area contributed by atoms with Gasteiger partial charge in [0.05, 0.1) is 18.1 Å². The number of fused-ring (bicyclic) bond motifs is 1. The van der Waals surface area contributed by atoms with Crippen LogP contribution in [0.1, 0.15) is 40.9 Å². The summed E-state index contributed by atoms with van der Waals surface area (Å²) >= 11 is 0. The Kier molecular flexibility index (Phi) is 5.76. The first kappa shape index (κ1) is 20.2. The molecule has 0 aliphatic heterocycles. The van der Waals surface area contributed by atoms with Crippen molar-refractivity contribution in [1.29, 1.82) is 0 Å². The van der Waals surface area contributed by atoms with Crippen LogP contribution < -0.4 is 10.6 Å². The highest BCUT2D eigenvalue weighted by atomic mass is 19.1. The number of esters is 1. The van der Waals surface area contributed by atoms with Crippen LogP contribution in [0, 0.1) is 15.9 Å². The number of anilines is 1. The predicted octanol–water partition coefficient (Wildman–Crippen LogP) is 3.12. The lowest BCUT2D eigenvalue weighted by Gasteiger charge is -2.16. The standard InChI is InChI=1S/C20H20FN3O5/c1-11(20(26)29-2)22-19(25)13-5-8-17(18(9-13)24(27)28)23-16-7-4-12-3-6-14(21)10-15(12)16/h3,5-6,8-11,16,23H,4,7H2,1-2H3,(H,22,25). The molecule has 1 amide bonds. The van der Waals surface area contributed by atoms with Crippen LogP contribution in [0.4, 0.5) is 15.8 Å². The number of amides is 1. The minimum atomic E-state index is -0.894. The summed E-state index contributed by atoms with van der Waals surface area (Å²) in [6.07, 6.45) is 1.42. The molecule has 2 aromatic rings. The Morgan fingerprint density at radius 1 is 1.28 bits per heavy atom. The van der Waals surface area contributed by atoms with Gasteiger partial charge in [0.25, 0.3) is 11.6 Å². The van der Waals surface area contributed by atoms with Crippen LogP contribution in [-0.2, 0) is 16.0 Å². The van der Waals surface area contributed by atoms with Crippen LogP contribution in [0.15, 0.2) is 36.4 Å². The minimum Gasteiger partial charge on any atom is -0.467 e. The van der Waals surface area contributed by atoms with Crippen molar-refractivity contribution in [3.05, 3.63) is 69.0 Å². The molecule has 0 spiro atoms. The van der Waals surface area contributed by atoms with E-state index in [4.69, 9.17) is 0 Å². The third-order valence-electron chi connectivity index (χ3n) is 4.87. The van der Waals surface area contributed by atoms with Gasteiger partial charge >= 0.3 is 5.97 Å². The molecule has 9 heteroatoms. The second-order valence-corrected chi connectivity index (χ2v) is 6.79. The van der Waals surface area contributed by atoms with E-state index in [1.54, 1.807) is 6.07 Å². The van der Waals surface area contributed by atoms with Crippen molar-refractivity contribution in [2.24, 2.45) is 0 Å². The molecular weight excluding hydrogens is 381 g/mol. The highest BCUT2D eigenvalue weighted by molar-refractivity contribution is 5.98. The summed E-state index contributed by atoms with van der Waals surface area (Å²) in [5.74, 6) is -1.62. The van der Waals surface area contributed by atoms with Crippen LogP contribution in [0.5, 0.6) is 0 Å². The smallest absolute Gasteiger partial charge is 0.328 e. The largest absolute Gasteiger partial charge is 0.467 e. The first-order chi connectivity index (χ1) is 13.8. The fourth-order valence-electron chi connectivity index (χ4n) is 3.37. The van der Waals surface area contributed by atoms with E-state index in [0.717, 1.165) is 23.6 Å². The highest BCUT2D eigenvalue weighted by Crippen LogP contribution is 2.37. The van der Waals surface area contributed by atoms with Crippen molar-refractivity contribution in [2.75, 3.05) is 12.4 Å². The molecule has 0 heterocycles. The maximum absolute atomic E-state index is 13.6. The van der Waals surface area contributed by atoms with E-state index in [1.165, 1.54) is 38.3 Å². The Labute approximate surface area is 166 Å². The number of nitro benzene ring substituents is 1. The zero-order valence-electron chi connectivity index (χ0n) is 15.9. The molecule has 0 aromatic heterocycles. The number of carbonyl (C=O) groups is 2. The van der Waals surface area contributed by atoms with E-state index >= 15 is 0 Å². The van der Waals surface area contributed by atoms with E-state index in [0.29, 0.717) is 6.42 Å². The van der Waals surface area contributed by atoms with Gasteiger partial charge in [-0.1, -0.05) is 6.07 Å². The van der Waals surface area contributed by atoms with Crippen LogP contribution in [-0.4, -0.2) is 30.0 Å². The molecule has 0 saturated carbocycles. The topological polar surface area (TPSA) is 111 Å². The Bertz CT molecular complexity index is 979. The maximum atomic E-state index is 13.6. The summed E-state index contributed by atoms with van der Waals surface area (Å²) in [4.78, 5) is 34.7. The number of ether oxygens (including phenoxy) is 1. The average Bonchev–Trinajstić information content (AvgIpc) is 3.09. The lowest BCUT2D eigenvalue weighted by Crippen LogP contribution is -2.39. The summed E-state index contributed by atoms with van der Waals surface area (Å²) < 4.78 is 18.1. The molecule has 2 aromatic carbocycles. The average molecular weight is 401 g/mol. The number of carbonyl (C=O) groups excluding carboxylic acids is 2. The Morgan fingerprint density at radius 3 is 2.72 bits per heavy atom. The van der Waals surface area contributed by atoms with Gasteiger partial charge in [-0.25, -0.2) is 9.18 Å². The number of rotatable bonds is 6. The van der Waals surface area contributed by atoms with E-state index in [-0.39, 0.29) is 28.8 Å². The molecule has 2 N–H and O–H groups in total. The summed E-state index contributed by atoms with van der Waals surface area (Å²) in [6.45, 7) is 1.45. The van der Waals surface area contributed by atoms with Crippen LogP contribution in [0.2, 0.25) is 0 Å². The minimum absolute atomic E-state index is 0.0378. The Hall–Kier alpha value is -3.49. The Morgan fingerprint density at radius 2 is 2.03 bits per heavy atom. The second kappa shape index (κ2) is 8.26. The normalized spacial score (nSPS) is 15.9. The summed E-state index contributed by atoms with van der Waals surface area (Å²) in [6, 6.07) is 7.39. The summed E-state index contributed by atoms with van der Waals surface area (Å²) in [5.41, 5.74) is 1.76. The lowest BCUT2D eigenvalue weighted by molar-refractivity contribution is -0.384. The van der Waals surface area contributed by atoms with Gasteiger partial charge in [-0.3, -0.25) is 14.9 Å². The number of nitro groups is 1. The van der Waals surface area contributed by atoms with Crippen molar-refractivity contribution >= 4 is 23.3 Å². The van der Waals surface area contributed by atoms with Gasteiger partial charge in [0, 0.05) is 11.6 Å². The summed E-state index contributed by atoms with van der Waals surface area (Å²) in [5, 5.41) is 17.1. The summed E-state index contributed by atoms with van der Waals surface area (Å²) in [7, 11) is 1.20. The first-order valence-electron chi connectivity index (χ1n) is 9.02.